The molecule has 0 saturated heterocycles. The highest BCUT2D eigenvalue weighted by molar-refractivity contribution is 8.28. The Bertz CT molecular complexity index is 614. The first-order chi connectivity index (χ1) is 9.44. The van der Waals surface area contributed by atoms with Crippen molar-refractivity contribution in [1.29, 1.82) is 0 Å². The lowest BCUT2D eigenvalue weighted by Crippen LogP contribution is -2.13. The highest BCUT2D eigenvalue weighted by Crippen LogP contribution is 2.31. The van der Waals surface area contributed by atoms with Crippen LogP contribution in [0.5, 0.6) is 0 Å². The smallest absolute Gasteiger partial charge is 0.114 e. The largest absolute Gasteiger partial charge is 0.256 e. The van der Waals surface area contributed by atoms with Crippen LogP contribution in [0, 0.1) is 6.92 Å². The van der Waals surface area contributed by atoms with Crippen LogP contribution >= 0.6 is 11.2 Å². The average molecular weight is 300 g/mol. The van der Waals surface area contributed by atoms with Crippen LogP contribution in [0.25, 0.3) is 0 Å². The van der Waals surface area contributed by atoms with Gasteiger partial charge in [-0.3, -0.25) is 4.99 Å². The predicted molar refractivity (Wildman–Crippen MR) is 94.1 cm³/mol. The van der Waals surface area contributed by atoms with Crippen molar-refractivity contribution in [2.75, 3.05) is 0 Å². The standard InChI is InChI=1S/C17H21NSSi/c1-14-8-7-10-16(12-14)18-13-15-9-5-6-11-17(15)19-20(2,3)4/h5-13H,1-4H3/b18-13-. The van der Waals surface area contributed by atoms with Crippen molar-refractivity contribution in [2.45, 2.75) is 31.5 Å². The van der Waals surface area contributed by atoms with Crippen molar-refractivity contribution >= 4 is 30.3 Å². The van der Waals surface area contributed by atoms with Gasteiger partial charge in [0.25, 0.3) is 0 Å². The average Bonchev–Trinajstić information content (AvgIpc) is 2.36. The summed E-state index contributed by atoms with van der Waals surface area (Å²) < 4.78 is 0. The molecular formula is C17H21NSSi. The van der Waals surface area contributed by atoms with E-state index < -0.39 is 7.22 Å². The molecule has 0 aromatic heterocycles. The third-order valence-corrected chi connectivity index (χ3v) is 6.39. The minimum absolute atomic E-state index is 1.01. The van der Waals surface area contributed by atoms with Crippen molar-refractivity contribution < 1.29 is 0 Å². The highest BCUT2D eigenvalue weighted by Gasteiger charge is 2.16. The lowest BCUT2D eigenvalue weighted by molar-refractivity contribution is 1.41. The summed E-state index contributed by atoms with van der Waals surface area (Å²) in [6.45, 7) is 9.19. The molecule has 0 bridgehead atoms. The van der Waals surface area contributed by atoms with E-state index in [0.29, 0.717) is 0 Å². The van der Waals surface area contributed by atoms with E-state index in [0.717, 1.165) is 5.69 Å². The van der Waals surface area contributed by atoms with Gasteiger partial charge < -0.3 is 0 Å². The van der Waals surface area contributed by atoms with Crippen LogP contribution in [0.4, 0.5) is 5.69 Å². The van der Waals surface area contributed by atoms with E-state index in [2.05, 4.69) is 68.0 Å². The predicted octanol–water partition coefficient (Wildman–Crippen LogP) is 5.67. The van der Waals surface area contributed by atoms with Gasteiger partial charge in [-0.1, -0.05) is 50.0 Å². The van der Waals surface area contributed by atoms with Gasteiger partial charge in [0, 0.05) is 16.7 Å². The zero-order chi connectivity index (χ0) is 14.6. The minimum atomic E-state index is -1.19. The third kappa shape index (κ3) is 4.65. The molecule has 0 atom stereocenters. The molecule has 0 aliphatic heterocycles. The molecule has 2 rings (SSSR count). The Balaban J connectivity index is 2.25. The van der Waals surface area contributed by atoms with Crippen LogP contribution in [0.1, 0.15) is 11.1 Å². The summed E-state index contributed by atoms with van der Waals surface area (Å²) >= 11 is 2.01. The van der Waals surface area contributed by atoms with Gasteiger partial charge in [0.1, 0.15) is 7.22 Å². The Morgan fingerprint density at radius 1 is 1.00 bits per heavy atom. The van der Waals surface area contributed by atoms with E-state index in [1.807, 2.05) is 29.6 Å². The molecule has 0 saturated carbocycles. The van der Waals surface area contributed by atoms with Crippen molar-refractivity contribution in [2.24, 2.45) is 4.99 Å². The molecule has 0 spiro atoms. The summed E-state index contributed by atoms with van der Waals surface area (Å²) in [6, 6.07) is 16.8. The van der Waals surface area contributed by atoms with E-state index >= 15 is 0 Å². The number of hydrogen-bond acceptors (Lipinski definition) is 2. The topological polar surface area (TPSA) is 12.4 Å². The second kappa shape index (κ2) is 6.42. The van der Waals surface area contributed by atoms with E-state index in [-0.39, 0.29) is 0 Å². The number of nitrogens with zero attached hydrogens (tertiary/aromatic N) is 1. The van der Waals surface area contributed by atoms with Gasteiger partial charge in [-0.05, 0) is 30.7 Å². The van der Waals surface area contributed by atoms with Crippen LogP contribution in [0.2, 0.25) is 19.6 Å². The first-order valence-corrected chi connectivity index (χ1v) is 11.9. The number of rotatable bonds is 4. The molecule has 3 heteroatoms. The van der Waals surface area contributed by atoms with Gasteiger partial charge in [-0.25, -0.2) is 0 Å². The fourth-order valence-electron chi connectivity index (χ4n) is 1.86. The number of benzene rings is 2. The van der Waals surface area contributed by atoms with E-state index in [1.54, 1.807) is 0 Å². The van der Waals surface area contributed by atoms with Crippen molar-refractivity contribution in [3.05, 3.63) is 59.7 Å². The van der Waals surface area contributed by atoms with Crippen LogP contribution in [-0.4, -0.2) is 13.4 Å². The molecule has 1 nitrogen and oxygen atoms in total. The van der Waals surface area contributed by atoms with Gasteiger partial charge in [-0.2, -0.15) is 11.2 Å². The van der Waals surface area contributed by atoms with Crippen LogP contribution in [0.3, 0.4) is 0 Å². The lowest BCUT2D eigenvalue weighted by Gasteiger charge is -2.16. The minimum Gasteiger partial charge on any atom is -0.256 e. The second-order valence-electron chi connectivity index (χ2n) is 5.85. The summed E-state index contributed by atoms with van der Waals surface area (Å²) in [4.78, 5) is 5.94. The Kier molecular flexibility index (Phi) is 4.84. The maximum absolute atomic E-state index is 4.61. The summed E-state index contributed by atoms with van der Waals surface area (Å²) in [5.41, 5.74) is 3.46. The molecule has 0 radical (unpaired) electrons. The molecule has 0 aliphatic carbocycles. The molecule has 0 unspecified atom stereocenters. The molecule has 104 valence electrons. The zero-order valence-corrected chi connectivity index (χ0v) is 14.4. The van der Waals surface area contributed by atoms with Gasteiger partial charge in [-0.15, -0.1) is 0 Å². The maximum Gasteiger partial charge on any atom is 0.114 e. The van der Waals surface area contributed by atoms with Gasteiger partial charge in [0.05, 0.1) is 5.69 Å². The number of aliphatic imine (C=N–C) groups is 1. The first-order valence-electron chi connectivity index (χ1n) is 6.83. The van der Waals surface area contributed by atoms with Crippen molar-refractivity contribution in [3.8, 4) is 0 Å². The number of aryl methyl sites for hydroxylation is 1. The van der Waals surface area contributed by atoms with Crippen LogP contribution in [-0.2, 0) is 0 Å². The second-order valence-corrected chi connectivity index (χ2v) is 15.0. The maximum atomic E-state index is 4.61. The molecular weight excluding hydrogens is 278 g/mol. The third-order valence-electron chi connectivity index (χ3n) is 2.69. The molecule has 20 heavy (non-hydrogen) atoms. The van der Waals surface area contributed by atoms with Crippen LogP contribution < -0.4 is 0 Å². The summed E-state index contributed by atoms with van der Waals surface area (Å²) in [6.07, 6.45) is 1.98. The molecule has 0 fully saturated rings. The highest BCUT2D eigenvalue weighted by atomic mass is 32.4. The Hall–Kier alpha value is -1.32. The van der Waals surface area contributed by atoms with Gasteiger partial charge in [0.2, 0.25) is 0 Å². The molecule has 0 N–H and O–H groups in total. The monoisotopic (exact) mass is 299 g/mol. The SMILES string of the molecule is Cc1cccc(/N=C\c2ccccc2S[Si](C)(C)C)c1. The van der Waals surface area contributed by atoms with E-state index in [1.165, 1.54) is 16.0 Å². The zero-order valence-electron chi connectivity index (χ0n) is 12.6. The van der Waals surface area contributed by atoms with Crippen LogP contribution in [0.15, 0.2) is 58.4 Å². The van der Waals surface area contributed by atoms with Crippen molar-refractivity contribution in [1.82, 2.24) is 0 Å². The summed E-state index contributed by atoms with van der Waals surface area (Å²) in [5.74, 6) is 0. The Morgan fingerprint density at radius 2 is 1.75 bits per heavy atom. The Labute approximate surface area is 126 Å². The molecule has 2 aromatic rings. The molecule has 2 aromatic carbocycles. The first kappa shape index (κ1) is 15.1. The molecule has 0 amide bonds. The fraction of sp³-hybridized carbons (Fsp3) is 0.235. The number of hydrogen-bond donors (Lipinski definition) is 0. The summed E-state index contributed by atoms with van der Waals surface area (Å²) in [7, 11) is -1.19. The van der Waals surface area contributed by atoms with Gasteiger partial charge >= 0.3 is 0 Å². The van der Waals surface area contributed by atoms with Gasteiger partial charge in [0.15, 0.2) is 0 Å². The fourth-order valence-corrected chi connectivity index (χ4v) is 5.44. The molecule has 0 aliphatic rings. The van der Waals surface area contributed by atoms with Crippen molar-refractivity contribution in [3.63, 3.8) is 0 Å². The van der Waals surface area contributed by atoms with E-state index in [9.17, 15) is 0 Å². The molecule has 0 heterocycles. The normalized spacial score (nSPS) is 12.0. The quantitative estimate of drug-likeness (QED) is 0.523. The summed E-state index contributed by atoms with van der Waals surface area (Å²) in [5, 5.41) is 0. The Morgan fingerprint density at radius 3 is 2.45 bits per heavy atom. The van der Waals surface area contributed by atoms with E-state index in [4.69, 9.17) is 0 Å². The lowest BCUT2D eigenvalue weighted by atomic mass is 10.2.